The van der Waals surface area contributed by atoms with Crippen molar-refractivity contribution in [2.24, 2.45) is 0 Å². The fraction of sp³-hybridized carbons (Fsp3) is 0.125. The topological polar surface area (TPSA) is 115 Å². The normalized spacial score (nSPS) is 10.7. The Morgan fingerprint density at radius 1 is 1.06 bits per heavy atom. The van der Waals surface area contributed by atoms with Crippen LogP contribution in [0.25, 0.3) is 5.69 Å². The second-order valence-electron chi connectivity index (χ2n) is 7.53. The van der Waals surface area contributed by atoms with E-state index in [1.165, 1.54) is 30.0 Å². The van der Waals surface area contributed by atoms with Gasteiger partial charge in [0.15, 0.2) is 11.0 Å². The van der Waals surface area contributed by atoms with Crippen LogP contribution in [-0.4, -0.2) is 31.3 Å². The molecule has 0 aliphatic rings. The van der Waals surface area contributed by atoms with Crippen molar-refractivity contribution in [2.45, 2.75) is 18.6 Å². The summed E-state index contributed by atoms with van der Waals surface area (Å²) in [5.41, 5.74) is 2.36. The highest BCUT2D eigenvalue weighted by atomic mass is 32.2. The lowest BCUT2D eigenvalue weighted by atomic mass is 10.2. The number of carbonyl (C=O) groups is 1. The molecule has 0 aliphatic heterocycles. The molecule has 1 amide bonds. The van der Waals surface area contributed by atoms with Crippen LogP contribution in [0.15, 0.2) is 78.0 Å². The van der Waals surface area contributed by atoms with E-state index in [-0.39, 0.29) is 23.2 Å². The summed E-state index contributed by atoms with van der Waals surface area (Å²) in [5, 5.41) is 26.1. The Morgan fingerprint density at radius 3 is 2.49 bits per heavy atom. The zero-order valence-electron chi connectivity index (χ0n) is 18.6. The third-order valence-corrected chi connectivity index (χ3v) is 5.96. The van der Waals surface area contributed by atoms with Crippen LogP contribution in [0.3, 0.4) is 0 Å². The molecule has 0 unspecified atom stereocenters. The molecule has 4 aromatic rings. The molecule has 0 fully saturated rings. The number of rotatable bonds is 9. The Hall–Kier alpha value is -4.25. The molecule has 0 aliphatic carbocycles. The summed E-state index contributed by atoms with van der Waals surface area (Å²) in [6.07, 6.45) is 0. The van der Waals surface area contributed by atoms with Gasteiger partial charge in [-0.2, -0.15) is 0 Å². The van der Waals surface area contributed by atoms with Crippen LogP contribution in [0.1, 0.15) is 11.4 Å². The molecule has 0 saturated carbocycles. The minimum absolute atomic E-state index is 0.0258. The molecule has 35 heavy (non-hydrogen) atoms. The maximum atomic E-state index is 13.2. The number of thioether (sulfide) groups is 1. The maximum absolute atomic E-state index is 13.2. The Kier molecular flexibility index (Phi) is 7.36. The summed E-state index contributed by atoms with van der Waals surface area (Å²) < 4.78 is 15.0. The predicted molar refractivity (Wildman–Crippen MR) is 132 cm³/mol. The van der Waals surface area contributed by atoms with Gasteiger partial charge in [-0.25, -0.2) is 4.39 Å². The average Bonchev–Trinajstić information content (AvgIpc) is 3.27. The summed E-state index contributed by atoms with van der Waals surface area (Å²) in [7, 11) is 0. The van der Waals surface area contributed by atoms with E-state index in [1.54, 1.807) is 31.2 Å². The number of aryl methyl sites for hydroxylation is 1. The molecule has 0 spiro atoms. The number of para-hydroxylation sites is 1. The van der Waals surface area contributed by atoms with Crippen molar-refractivity contribution in [1.29, 1.82) is 0 Å². The third kappa shape index (κ3) is 6.01. The largest absolute Gasteiger partial charge is 0.378 e. The third-order valence-electron chi connectivity index (χ3n) is 5.03. The monoisotopic (exact) mass is 492 g/mol. The molecule has 178 valence electrons. The van der Waals surface area contributed by atoms with Gasteiger partial charge in [0.25, 0.3) is 5.69 Å². The van der Waals surface area contributed by atoms with E-state index in [0.29, 0.717) is 28.8 Å². The second kappa shape index (κ2) is 10.8. The SMILES string of the molecule is Cc1ccc(NC(=O)CSc2nnc(CNc3ccc(F)cc3)n2-c2ccccc2)cc1[N+](=O)[O-]. The van der Waals surface area contributed by atoms with Crippen molar-refractivity contribution in [3.05, 3.63) is 100 Å². The predicted octanol–water partition coefficient (Wildman–Crippen LogP) is 4.97. The summed E-state index contributed by atoms with van der Waals surface area (Å²) >= 11 is 1.19. The quantitative estimate of drug-likeness (QED) is 0.193. The van der Waals surface area contributed by atoms with E-state index in [4.69, 9.17) is 0 Å². The Bertz CT molecular complexity index is 1350. The fourth-order valence-electron chi connectivity index (χ4n) is 3.30. The molecule has 1 heterocycles. The molecular formula is C24H21FN6O3S. The van der Waals surface area contributed by atoms with Crippen LogP contribution >= 0.6 is 11.8 Å². The Morgan fingerprint density at radius 2 is 1.77 bits per heavy atom. The van der Waals surface area contributed by atoms with Gasteiger partial charge in [-0.1, -0.05) is 36.0 Å². The van der Waals surface area contributed by atoms with Gasteiger partial charge in [0.2, 0.25) is 5.91 Å². The summed E-state index contributed by atoms with van der Waals surface area (Å²) in [6, 6.07) is 20.0. The van der Waals surface area contributed by atoms with Crippen LogP contribution in [0.4, 0.5) is 21.5 Å². The molecule has 0 atom stereocenters. The number of hydrogen-bond acceptors (Lipinski definition) is 7. The molecule has 0 radical (unpaired) electrons. The molecule has 4 rings (SSSR count). The summed E-state index contributed by atoms with van der Waals surface area (Å²) in [4.78, 5) is 23.2. The standard InChI is InChI=1S/C24H21FN6O3S/c1-16-7-10-19(13-21(16)31(33)34)27-23(32)15-35-24-29-28-22(30(24)20-5-3-2-4-6-20)14-26-18-11-8-17(25)9-12-18/h2-13,26H,14-15H2,1H3,(H,27,32). The molecular weight excluding hydrogens is 471 g/mol. The van der Waals surface area contributed by atoms with Crippen LogP contribution < -0.4 is 10.6 Å². The molecule has 11 heteroatoms. The number of nitro groups is 1. The van der Waals surface area contributed by atoms with Crippen molar-refractivity contribution in [1.82, 2.24) is 14.8 Å². The molecule has 2 N–H and O–H groups in total. The highest BCUT2D eigenvalue weighted by Gasteiger charge is 2.17. The Balaban J connectivity index is 1.48. The van der Waals surface area contributed by atoms with Gasteiger partial charge >= 0.3 is 0 Å². The minimum atomic E-state index is -0.483. The zero-order valence-corrected chi connectivity index (χ0v) is 19.5. The number of amides is 1. The molecule has 1 aromatic heterocycles. The number of anilines is 2. The van der Waals surface area contributed by atoms with E-state index >= 15 is 0 Å². The van der Waals surface area contributed by atoms with E-state index in [2.05, 4.69) is 20.8 Å². The number of nitrogens with one attached hydrogen (secondary N) is 2. The van der Waals surface area contributed by atoms with E-state index in [1.807, 2.05) is 34.9 Å². The first-order chi connectivity index (χ1) is 16.9. The van der Waals surface area contributed by atoms with Crippen LogP contribution in [0, 0.1) is 22.9 Å². The van der Waals surface area contributed by atoms with Gasteiger partial charge in [0.1, 0.15) is 5.82 Å². The van der Waals surface area contributed by atoms with Crippen LogP contribution in [0.2, 0.25) is 0 Å². The maximum Gasteiger partial charge on any atom is 0.274 e. The van der Waals surface area contributed by atoms with Crippen molar-refractivity contribution in [3.8, 4) is 5.69 Å². The number of nitro benzene ring substituents is 1. The Labute approximate surface area is 204 Å². The van der Waals surface area contributed by atoms with Crippen molar-refractivity contribution in [3.63, 3.8) is 0 Å². The van der Waals surface area contributed by atoms with Gasteiger partial charge in [0.05, 0.1) is 17.2 Å². The van der Waals surface area contributed by atoms with Crippen LogP contribution in [0.5, 0.6) is 0 Å². The van der Waals surface area contributed by atoms with E-state index in [0.717, 1.165) is 11.4 Å². The lowest BCUT2D eigenvalue weighted by molar-refractivity contribution is -0.385. The lowest BCUT2D eigenvalue weighted by Crippen LogP contribution is -2.15. The summed E-state index contributed by atoms with van der Waals surface area (Å²) in [6.45, 7) is 1.96. The first-order valence-corrected chi connectivity index (χ1v) is 11.6. The van der Waals surface area contributed by atoms with Gasteiger partial charge < -0.3 is 10.6 Å². The number of benzene rings is 3. The van der Waals surface area contributed by atoms with Crippen molar-refractivity contribution < 1.29 is 14.1 Å². The molecule has 3 aromatic carbocycles. The molecule has 9 nitrogen and oxygen atoms in total. The number of hydrogen-bond donors (Lipinski definition) is 2. The van der Waals surface area contributed by atoms with Gasteiger partial charge in [0, 0.05) is 28.7 Å². The number of aromatic nitrogens is 3. The first kappa shape index (κ1) is 23.9. The molecule has 0 saturated heterocycles. The number of nitrogens with zero attached hydrogens (tertiary/aromatic N) is 4. The van der Waals surface area contributed by atoms with Gasteiger partial charge in [-0.15, -0.1) is 10.2 Å². The smallest absolute Gasteiger partial charge is 0.274 e. The van der Waals surface area contributed by atoms with Crippen molar-refractivity contribution in [2.75, 3.05) is 16.4 Å². The summed E-state index contributed by atoms with van der Waals surface area (Å²) in [5.74, 6) is -0.0163. The molecule has 0 bridgehead atoms. The highest BCUT2D eigenvalue weighted by Crippen LogP contribution is 2.25. The van der Waals surface area contributed by atoms with Gasteiger partial charge in [-0.3, -0.25) is 19.5 Å². The zero-order chi connectivity index (χ0) is 24.8. The number of halogens is 1. The minimum Gasteiger partial charge on any atom is -0.378 e. The average molecular weight is 493 g/mol. The number of carbonyl (C=O) groups excluding carboxylic acids is 1. The van der Waals surface area contributed by atoms with Crippen LogP contribution in [-0.2, 0) is 11.3 Å². The van der Waals surface area contributed by atoms with E-state index < -0.39 is 4.92 Å². The lowest BCUT2D eigenvalue weighted by Gasteiger charge is -2.11. The van der Waals surface area contributed by atoms with Gasteiger partial charge in [-0.05, 0) is 49.4 Å². The highest BCUT2D eigenvalue weighted by molar-refractivity contribution is 7.99. The second-order valence-corrected chi connectivity index (χ2v) is 8.47. The fourth-order valence-corrected chi connectivity index (χ4v) is 4.08. The van der Waals surface area contributed by atoms with Crippen molar-refractivity contribution >= 4 is 34.7 Å². The van der Waals surface area contributed by atoms with E-state index in [9.17, 15) is 19.3 Å². The first-order valence-electron chi connectivity index (χ1n) is 10.6.